The topological polar surface area (TPSA) is 70.1 Å². The molecule has 1 saturated heterocycles. The molecule has 5 nitrogen and oxygen atoms in total. The van der Waals surface area contributed by atoms with Crippen LogP contribution in [0.1, 0.15) is 25.5 Å². The predicted octanol–water partition coefficient (Wildman–Crippen LogP) is 0.525. The molecule has 2 rings (SSSR count). The number of ether oxygens (including phenoxy) is 1. The van der Waals surface area contributed by atoms with E-state index in [4.69, 9.17) is 10.5 Å². The summed E-state index contributed by atoms with van der Waals surface area (Å²) in [5.41, 5.74) is 5.06. The summed E-state index contributed by atoms with van der Waals surface area (Å²) >= 11 is 0. The molecule has 0 unspecified atom stereocenters. The van der Waals surface area contributed by atoms with Crippen LogP contribution in [-0.2, 0) is 4.74 Å². The Bertz CT molecular complexity index is 369. The van der Waals surface area contributed by atoms with Gasteiger partial charge >= 0.3 is 5.69 Å². The van der Waals surface area contributed by atoms with Crippen LogP contribution in [0.5, 0.6) is 0 Å². The second kappa shape index (κ2) is 3.79. The molecule has 2 heterocycles. The maximum absolute atomic E-state index is 11.4. The Kier molecular flexibility index (Phi) is 2.49. The van der Waals surface area contributed by atoms with Gasteiger partial charge in [0, 0.05) is 12.8 Å². The standard InChI is InChI=1S/C9H13N3O2/c10-7-4-5-12(9(13)11-7)8-3-1-2-6-14-8/h4-5,8H,1-3,6H2,(H2,10,11,13)/t8-/m1/s1. The van der Waals surface area contributed by atoms with E-state index in [1.165, 1.54) is 4.57 Å². The molecule has 1 fully saturated rings. The van der Waals surface area contributed by atoms with Gasteiger partial charge in [-0.05, 0) is 25.3 Å². The lowest BCUT2D eigenvalue weighted by molar-refractivity contribution is -0.0348. The van der Waals surface area contributed by atoms with Crippen molar-refractivity contribution in [3.05, 3.63) is 22.7 Å². The zero-order valence-corrected chi connectivity index (χ0v) is 7.85. The fourth-order valence-electron chi connectivity index (χ4n) is 1.59. The molecule has 0 amide bonds. The summed E-state index contributed by atoms with van der Waals surface area (Å²) in [6.07, 6.45) is 4.49. The van der Waals surface area contributed by atoms with E-state index in [1.807, 2.05) is 0 Å². The molecule has 76 valence electrons. The van der Waals surface area contributed by atoms with Gasteiger partial charge in [-0.1, -0.05) is 0 Å². The first kappa shape index (κ1) is 9.21. The van der Waals surface area contributed by atoms with Crippen molar-refractivity contribution in [2.75, 3.05) is 12.3 Å². The molecule has 0 spiro atoms. The van der Waals surface area contributed by atoms with Crippen LogP contribution < -0.4 is 11.4 Å². The van der Waals surface area contributed by atoms with E-state index >= 15 is 0 Å². The fourth-order valence-corrected chi connectivity index (χ4v) is 1.59. The SMILES string of the molecule is Nc1ccn([C@H]2CCCCO2)c(=O)n1. The van der Waals surface area contributed by atoms with E-state index in [0.29, 0.717) is 6.61 Å². The van der Waals surface area contributed by atoms with Gasteiger partial charge in [0.2, 0.25) is 0 Å². The van der Waals surface area contributed by atoms with Crippen molar-refractivity contribution in [1.29, 1.82) is 0 Å². The molecule has 0 saturated carbocycles. The molecule has 2 N–H and O–H groups in total. The Morgan fingerprint density at radius 1 is 1.57 bits per heavy atom. The number of anilines is 1. The average molecular weight is 195 g/mol. The first-order chi connectivity index (χ1) is 6.77. The summed E-state index contributed by atoms with van der Waals surface area (Å²) < 4.78 is 6.96. The number of rotatable bonds is 1. The number of hydrogen-bond acceptors (Lipinski definition) is 4. The van der Waals surface area contributed by atoms with Crippen LogP contribution in [0.3, 0.4) is 0 Å². The third-order valence-electron chi connectivity index (χ3n) is 2.32. The number of aromatic nitrogens is 2. The molecule has 0 aromatic carbocycles. The van der Waals surface area contributed by atoms with Gasteiger partial charge in [0.1, 0.15) is 12.0 Å². The molecular formula is C9H13N3O2. The van der Waals surface area contributed by atoms with Crippen molar-refractivity contribution < 1.29 is 4.74 Å². The lowest BCUT2D eigenvalue weighted by Gasteiger charge is -2.23. The second-order valence-corrected chi connectivity index (χ2v) is 3.36. The van der Waals surface area contributed by atoms with Gasteiger partial charge in [-0.2, -0.15) is 4.98 Å². The summed E-state index contributed by atoms with van der Waals surface area (Å²) in [6.45, 7) is 0.710. The minimum absolute atomic E-state index is 0.163. The highest BCUT2D eigenvalue weighted by Gasteiger charge is 2.16. The third kappa shape index (κ3) is 1.77. The molecule has 5 heteroatoms. The quantitative estimate of drug-likeness (QED) is 0.709. The van der Waals surface area contributed by atoms with Crippen molar-refractivity contribution in [2.24, 2.45) is 0 Å². The van der Waals surface area contributed by atoms with Gasteiger partial charge in [0.15, 0.2) is 0 Å². The van der Waals surface area contributed by atoms with Crippen molar-refractivity contribution in [3.8, 4) is 0 Å². The molecule has 0 radical (unpaired) electrons. The minimum Gasteiger partial charge on any atom is -0.383 e. The van der Waals surface area contributed by atoms with Crippen LogP contribution in [0.4, 0.5) is 5.82 Å². The number of nitrogen functional groups attached to an aromatic ring is 1. The van der Waals surface area contributed by atoms with Gasteiger partial charge in [-0.3, -0.25) is 4.57 Å². The Balaban J connectivity index is 2.26. The van der Waals surface area contributed by atoms with Crippen molar-refractivity contribution in [1.82, 2.24) is 9.55 Å². The van der Waals surface area contributed by atoms with Crippen LogP contribution in [0.25, 0.3) is 0 Å². The Morgan fingerprint density at radius 3 is 3.07 bits per heavy atom. The molecule has 1 aliphatic heterocycles. The molecule has 0 bridgehead atoms. The lowest BCUT2D eigenvalue weighted by atomic mass is 10.2. The second-order valence-electron chi connectivity index (χ2n) is 3.36. The third-order valence-corrected chi connectivity index (χ3v) is 2.32. The van der Waals surface area contributed by atoms with Crippen LogP contribution in [-0.4, -0.2) is 16.2 Å². The Morgan fingerprint density at radius 2 is 2.43 bits per heavy atom. The van der Waals surface area contributed by atoms with E-state index in [0.717, 1.165) is 19.3 Å². The molecule has 1 aliphatic rings. The van der Waals surface area contributed by atoms with Gasteiger partial charge in [-0.15, -0.1) is 0 Å². The van der Waals surface area contributed by atoms with Gasteiger partial charge in [0.25, 0.3) is 0 Å². The summed E-state index contributed by atoms with van der Waals surface area (Å²) in [5.74, 6) is 0.252. The monoisotopic (exact) mass is 195 g/mol. The van der Waals surface area contributed by atoms with Crippen molar-refractivity contribution in [2.45, 2.75) is 25.5 Å². The average Bonchev–Trinajstić information content (AvgIpc) is 2.19. The highest BCUT2D eigenvalue weighted by molar-refractivity contribution is 5.23. The molecule has 1 aromatic rings. The summed E-state index contributed by atoms with van der Waals surface area (Å²) in [4.78, 5) is 15.1. The smallest absolute Gasteiger partial charge is 0.351 e. The number of nitrogens with two attached hydrogens (primary N) is 1. The van der Waals surface area contributed by atoms with Crippen molar-refractivity contribution in [3.63, 3.8) is 0 Å². The zero-order chi connectivity index (χ0) is 9.97. The minimum atomic E-state index is -0.336. The summed E-state index contributed by atoms with van der Waals surface area (Å²) in [7, 11) is 0. The van der Waals surface area contributed by atoms with Crippen molar-refractivity contribution >= 4 is 5.82 Å². The molecule has 1 aromatic heterocycles. The zero-order valence-electron chi connectivity index (χ0n) is 7.85. The maximum Gasteiger partial charge on any atom is 0.351 e. The highest BCUT2D eigenvalue weighted by Crippen LogP contribution is 2.20. The normalized spacial score (nSPS) is 22.1. The fraction of sp³-hybridized carbons (Fsp3) is 0.556. The molecule has 14 heavy (non-hydrogen) atoms. The van der Waals surface area contributed by atoms with Crippen LogP contribution in [0, 0.1) is 0 Å². The first-order valence-corrected chi connectivity index (χ1v) is 4.73. The predicted molar refractivity (Wildman–Crippen MR) is 51.7 cm³/mol. The van der Waals surface area contributed by atoms with Crippen LogP contribution in [0.2, 0.25) is 0 Å². The Hall–Kier alpha value is -1.36. The summed E-state index contributed by atoms with van der Waals surface area (Å²) in [6, 6.07) is 1.61. The van der Waals surface area contributed by atoms with Crippen LogP contribution >= 0.6 is 0 Å². The van der Waals surface area contributed by atoms with Crippen LogP contribution in [0.15, 0.2) is 17.1 Å². The Labute approximate surface area is 81.5 Å². The molecule has 0 aliphatic carbocycles. The van der Waals surface area contributed by atoms with Gasteiger partial charge in [-0.25, -0.2) is 4.79 Å². The largest absolute Gasteiger partial charge is 0.383 e. The van der Waals surface area contributed by atoms with E-state index in [9.17, 15) is 4.79 Å². The van der Waals surface area contributed by atoms with Gasteiger partial charge in [0.05, 0.1) is 0 Å². The highest BCUT2D eigenvalue weighted by atomic mass is 16.5. The van der Waals surface area contributed by atoms with E-state index in [2.05, 4.69) is 4.98 Å². The first-order valence-electron chi connectivity index (χ1n) is 4.73. The van der Waals surface area contributed by atoms with E-state index in [1.54, 1.807) is 12.3 Å². The van der Waals surface area contributed by atoms with E-state index in [-0.39, 0.29) is 17.7 Å². The number of nitrogens with zero attached hydrogens (tertiary/aromatic N) is 2. The van der Waals surface area contributed by atoms with E-state index < -0.39 is 0 Å². The lowest BCUT2D eigenvalue weighted by Crippen LogP contribution is -2.30. The molecular weight excluding hydrogens is 182 g/mol. The summed E-state index contributed by atoms with van der Waals surface area (Å²) in [5, 5.41) is 0. The maximum atomic E-state index is 11.4. The van der Waals surface area contributed by atoms with Gasteiger partial charge < -0.3 is 10.5 Å². The number of hydrogen-bond donors (Lipinski definition) is 1. The molecule has 1 atom stereocenters.